The molecule has 0 spiro atoms. The number of rotatable bonds is 5. The van der Waals surface area contributed by atoms with Gasteiger partial charge in [0, 0.05) is 19.7 Å². The molecule has 8 heteroatoms. The molecule has 6 nitrogen and oxygen atoms in total. The number of aliphatic hydroxyl groups excluding tert-OH is 1. The van der Waals surface area contributed by atoms with E-state index in [2.05, 4.69) is 0 Å². The minimum absolute atomic E-state index is 0.00149. The highest BCUT2D eigenvalue weighted by Crippen LogP contribution is 2.25. The van der Waals surface area contributed by atoms with Crippen LogP contribution in [0, 0.1) is 0 Å². The fourth-order valence-corrected chi connectivity index (χ4v) is 1.61. The molecule has 102 valence electrons. The Morgan fingerprint density at radius 1 is 1.67 bits per heavy atom. The molecule has 3 unspecified atom stereocenters. The van der Waals surface area contributed by atoms with E-state index >= 15 is 0 Å². The van der Waals surface area contributed by atoms with Crippen molar-refractivity contribution in [3.8, 4) is 0 Å². The third-order valence-electron chi connectivity index (χ3n) is 2.46. The summed E-state index contributed by atoms with van der Waals surface area (Å²) in [6, 6.07) is 0. The molecule has 1 heterocycles. The average Bonchev–Trinajstić information content (AvgIpc) is 2.70. The Kier molecular flexibility index (Phi) is 5.17. The first-order valence-corrected chi connectivity index (χ1v) is 5.23. The molecule has 0 aromatic heterocycles. The zero-order valence-corrected chi connectivity index (χ0v) is 9.68. The highest BCUT2D eigenvalue weighted by molar-refractivity contribution is 5.97. The number of halogens is 2. The zero-order chi connectivity index (χ0) is 13.7. The van der Waals surface area contributed by atoms with Crippen molar-refractivity contribution < 1.29 is 28.2 Å². The van der Waals surface area contributed by atoms with Crippen LogP contribution in [0.3, 0.4) is 0 Å². The van der Waals surface area contributed by atoms with Crippen LogP contribution in [0.1, 0.15) is 6.42 Å². The Labute approximate surface area is 102 Å². The van der Waals surface area contributed by atoms with Crippen LogP contribution < -0.4 is 5.32 Å². The van der Waals surface area contributed by atoms with Gasteiger partial charge in [-0.05, 0) is 0 Å². The molecule has 2 amide bonds. The molecule has 1 aliphatic rings. The molecule has 18 heavy (non-hydrogen) atoms. The summed E-state index contributed by atoms with van der Waals surface area (Å²) in [5.41, 5.74) is 0. The summed E-state index contributed by atoms with van der Waals surface area (Å²) in [7, 11) is 1.32. The topological polar surface area (TPSA) is 78.9 Å². The lowest BCUT2D eigenvalue weighted by molar-refractivity contribution is -0.123. The summed E-state index contributed by atoms with van der Waals surface area (Å²) in [6.07, 6.45) is -2.34. The lowest BCUT2D eigenvalue weighted by Gasteiger charge is -2.23. The second-order valence-corrected chi connectivity index (χ2v) is 3.82. The number of nitrogens with one attached hydrogen (secondary N) is 1. The van der Waals surface area contributed by atoms with Crippen LogP contribution in [0.5, 0.6) is 0 Å². The number of imide groups is 1. The Morgan fingerprint density at radius 3 is 2.83 bits per heavy atom. The molecular formula is C10H14F2N2O4. The highest BCUT2D eigenvalue weighted by atomic mass is 19.1. The van der Waals surface area contributed by atoms with E-state index in [4.69, 9.17) is 9.84 Å². The maximum Gasteiger partial charge on any atom is 0.287 e. The molecule has 1 saturated heterocycles. The number of aliphatic hydroxyl groups is 1. The normalized spacial score (nSPS) is 28.0. The molecular weight excluding hydrogens is 250 g/mol. The summed E-state index contributed by atoms with van der Waals surface area (Å²) < 4.78 is 31.8. The Bertz CT molecular complexity index is 351. The van der Waals surface area contributed by atoms with Crippen molar-refractivity contribution >= 4 is 12.3 Å². The summed E-state index contributed by atoms with van der Waals surface area (Å²) in [5, 5.41) is 10.4. The van der Waals surface area contributed by atoms with Gasteiger partial charge in [0.2, 0.25) is 12.2 Å². The van der Waals surface area contributed by atoms with Crippen LogP contribution in [0.4, 0.5) is 8.78 Å². The predicted molar refractivity (Wildman–Crippen MR) is 56.4 cm³/mol. The predicted octanol–water partition coefficient (Wildman–Crippen LogP) is -0.553. The third kappa shape index (κ3) is 3.47. The first kappa shape index (κ1) is 14.5. The minimum atomic E-state index is -1.40. The zero-order valence-electron chi connectivity index (χ0n) is 9.68. The average molecular weight is 264 g/mol. The number of nitrogens with zero attached hydrogens (tertiary/aromatic N) is 1. The second-order valence-electron chi connectivity index (χ2n) is 3.82. The summed E-state index contributed by atoms with van der Waals surface area (Å²) in [6.45, 7) is -0.331. The van der Waals surface area contributed by atoms with E-state index in [1.165, 1.54) is 7.05 Å². The van der Waals surface area contributed by atoms with Crippen LogP contribution in [-0.4, -0.2) is 54.5 Å². The van der Waals surface area contributed by atoms with Crippen molar-refractivity contribution in [1.82, 2.24) is 10.2 Å². The number of hydrogen-bond donors (Lipinski definition) is 2. The summed E-state index contributed by atoms with van der Waals surface area (Å²) >= 11 is 0. The lowest BCUT2D eigenvalue weighted by Crippen LogP contribution is -2.34. The molecule has 0 bridgehead atoms. The van der Waals surface area contributed by atoms with E-state index in [-0.39, 0.29) is 19.4 Å². The van der Waals surface area contributed by atoms with E-state index in [9.17, 15) is 18.4 Å². The monoisotopic (exact) mass is 264 g/mol. The van der Waals surface area contributed by atoms with Crippen molar-refractivity contribution in [2.75, 3.05) is 13.7 Å². The van der Waals surface area contributed by atoms with Gasteiger partial charge in [-0.1, -0.05) is 0 Å². The number of amides is 2. The van der Waals surface area contributed by atoms with Crippen molar-refractivity contribution in [3.63, 3.8) is 0 Å². The van der Waals surface area contributed by atoms with Crippen LogP contribution in [0.25, 0.3) is 0 Å². The van der Waals surface area contributed by atoms with Crippen LogP contribution >= 0.6 is 0 Å². The molecule has 0 aromatic rings. The number of ether oxygens (including phenoxy) is 1. The van der Waals surface area contributed by atoms with Crippen molar-refractivity contribution in [1.29, 1.82) is 0 Å². The molecule has 1 fully saturated rings. The Hall–Kier alpha value is -1.54. The van der Waals surface area contributed by atoms with Gasteiger partial charge in [-0.2, -0.15) is 4.39 Å². The number of hydrogen-bond acceptors (Lipinski definition) is 5. The standard InChI is InChI=1S/C10H14F2N2O4/c1-14(3-8(12)9(17)13-5-16)10-7(11)2-6(4-15)18-10/h3,5-7,10,15H,2,4H2,1H3,(H,13,16,17)/b8-3+. The van der Waals surface area contributed by atoms with Gasteiger partial charge in [0.05, 0.1) is 12.7 Å². The van der Waals surface area contributed by atoms with Crippen molar-refractivity contribution in [2.45, 2.75) is 24.9 Å². The van der Waals surface area contributed by atoms with E-state index in [1.807, 2.05) is 0 Å². The van der Waals surface area contributed by atoms with Gasteiger partial charge in [-0.15, -0.1) is 0 Å². The second kappa shape index (κ2) is 6.41. The number of carbonyl (C=O) groups is 2. The molecule has 3 atom stereocenters. The van der Waals surface area contributed by atoms with Crippen molar-refractivity contribution in [3.05, 3.63) is 12.0 Å². The lowest BCUT2D eigenvalue weighted by atomic mass is 10.2. The van der Waals surface area contributed by atoms with E-state index in [1.54, 1.807) is 5.32 Å². The Balaban J connectivity index is 2.64. The first-order valence-electron chi connectivity index (χ1n) is 5.23. The van der Waals surface area contributed by atoms with Gasteiger partial charge < -0.3 is 14.7 Å². The maximum atomic E-state index is 13.5. The van der Waals surface area contributed by atoms with Crippen LogP contribution in [-0.2, 0) is 14.3 Å². The van der Waals surface area contributed by atoms with Crippen LogP contribution in [0.15, 0.2) is 12.0 Å². The quantitative estimate of drug-likeness (QED) is 0.514. The molecule has 0 aromatic carbocycles. The van der Waals surface area contributed by atoms with Gasteiger partial charge in [-0.25, -0.2) is 4.39 Å². The molecule has 0 radical (unpaired) electrons. The fraction of sp³-hybridized carbons (Fsp3) is 0.600. The number of carbonyl (C=O) groups excluding carboxylic acids is 2. The maximum absolute atomic E-state index is 13.5. The van der Waals surface area contributed by atoms with Gasteiger partial charge in [-0.3, -0.25) is 14.9 Å². The van der Waals surface area contributed by atoms with E-state index in [0.29, 0.717) is 0 Å². The van der Waals surface area contributed by atoms with Gasteiger partial charge >= 0.3 is 0 Å². The third-order valence-corrected chi connectivity index (χ3v) is 2.46. The van der Waals surface area contributed by atoms with Gasteiger partial charge in [0.25, 0.3) is 5.91 Å². The number of alkyl halides is 1. The molecule has 2 N–H and O–H groups in total. The summed E-state index contributed by atoms with van der Waals surface area (Å²) in [5.74, 6) is -2.46. The van der Waals surface area contributed by atoms with Gasteiger partial charge in [0.1, 0.15) is 6.17 Å². The smallest absolute Gasteiger partial charge is 0.287 e. The first-order chi connectivity index (χ1) is 8.49. The minimum Gasteiger partial charge on any atom is -0.394 e. The van der Waals surface area contributed by atoms with Crippen molar-refractivity contribution in [2.24, 2.45) is 0 Å². The SMILES string of the molecule is CN(/C=C(/F)C(=O)NC=O)C1OC(CO)CC1F. The summed E-state index contributed by atoms with van der Waals surface area (Å²) in [4.78, 5) is 21.9. The van der Waals surface area contributed by atoms with E-state index < -0.39 is 30.2 Å². The van der Waals surface area contributed by atoms with Crippen LogP contribution in [0.2, 0.25) is 0 Å². The fourth-order valence-electron chi connectivity index (χ4n) is 1.61. The molecule has 1 rings (SSSR count). The molecule has 1 aliphatic heterocycles. The van der Waals surface area contributed by atoms with E-state index in [0.717, 1.165) is 11.1 Å². The molecule has 0 saturated carbocycles. The largest absolute Gasteiger partial charge is 0.394 e. The highest BCUT2D eigenvalue weighted by Gasteiger charge is 2.37. The molecule has 0 aliphatic carbocycles. The van der Waals surface area contributed by atoms with Gasteiger partial charge in [0.15, 0.2) is 6.23 Å². The Morgan fingerprint density at radius 2 is 2.33 bits per heavy atom.